The molecule has 1 heterocycles. The molecule has 0 fully saturated rings. The van der Waals surface area contributed by atoms with Crippen molar-refractivity contribution in [2.45, 2.75) is 17.6 Å². The molecule has 6 nitrogen and oxygen atoms in total. The SMILES string of the molecule is CN=C(NCCSCc1cccc(C)n1)NS(=O)(=O)c1ccc(Cl)c(Cl)c1. The molecule has 0 aliphatic rings. The van der Waals surface area contributed by atoms with Crippen LogP contribution in [-0.4, -0.2) is 38.7 Å². The summed E-state index contributed by atoms with van der Waals surface area (Å²) in [6.07, 6.45) is 0. The monoisotopic (exact) mass is 446 g/mol. The van der Waals surface area contributed by atoms with Crippen LogP contribution in [0.1, 0.15) is 11.4 Å². The Bertz CT molecular complexity index is 921. The van der Waals surface area contributed by atoms with E-state index in [9.17, 15) is 8.42 Å². The second-order valence-corrected chi connectivity index (χ2v) is 9.11. The second kappa shape index (κ2) is 10.2. The summed E-state index contributed by atoms with van der Waals surface area (Å²) >= 11 is 13.4. The number of rotatable bonds is 7. The predicted molar refractivity (Wildman–Crippen MR) is 113 cm³/mol. The number of aromatic nitrogens is 1. The second-order valence-electron chi connectivity index (χ2n) is 5.50. The number of nitrogens with zero attached hydrogens (tertiary/aromatic N) is 2. The van der Waals surface area contributed by atoms with Crippen LogP contribution in [0.2, 0.25) is 10.0 Å². The molecule has 1 aromatic carbocycles. The Kier molecular flexibility index (Phi) is 8.22. The normalized spacial score (nSPS) is 12.1. The van der Waals surface area contributed by atoms with Crippen LogP contribution in [0.15, 0.2) is 46.3 Å². The zero-order valence-corrected chi connectivity index (χ0v) is 18.0. The summed E-state index contributed by atoms with van der Waals surface area (Å²) in [7, 11) is -2.30. The van der Waals surface area contributed by atoms with Crippen molar-refractivity contribution < 1.29 is 8.42 Å². The number of hydrogen-bond acceptors (Lipinski definition) is 5. The maximum atomic E-state index is 12.4. The predicted octanol–water partition coefficient (Wildman–Crippen LogP) is 3.48. The molecule has 2 aromatic rings. The fourth-order valence-electron chi connectivity index (χ4n) is 2.09. The van der Waals surface area contributed by atoms with Crippen LogP contribution in [-0.2, 0) is 15.8 Å². The summed E-state index contributed by atoms with van der Waals surface area (Å²) in [6.45, 7) is 2.51. The Hall–Kier alpha value is -1.48. The molecule has 0 saturated carbocycles. The van der Waals surface area contributed by atoms with Crippen molar-refractivity contribution in [1.82, 2.24) is 15.0 Å². The van der Waals surface area contributed by atoms with Crippen molar-refractivity contribution in [2.75, 3.05) is 19.3 Å². The van der Waals surface area contributed by atoms with Gasteiger partial charge in [0.25, 0.3) is 10.0 Å². The van der Waals surface area contributed by atoms with Gasteiger partial charge in [0.2, 0.25) is 5.96 Å². The van der Waals surface area contributed by atoms with E-state index in [1.54, 1.807) is 11.8 Å². The molecule has 0 spiro atoms. The zero-order chi connectivity index (χ0) is 19.9. The first-order chi connectivity index (χ1) is 12.8. The fourth-order valence-corrected chi connectivity index (χ4v) is 4.27. The lowest BCUT2D eigenvalue weighted by Crippen LogP contribution is -2.41. The van der Waals surface area contributed by atoms with Crippen molar-refractivity contribution in [2.24, 2.45) is 4.99 Å². The van der Waals surface area contributed by atoms with E-state index >= 15 is 0 Å². The van der Waals surface area contributed by atoms with Crippen molar-refractivity contribution in [3.05, 3.63) is 57.8 Å². The quantitative estimate of drug-likeness (QED) is 0.386. The minimum atomic E-state index is -3.80. The molecule has 27 heavy (non-hydrogen) atoms. The van der Waals surface area contributed by atoms with Crippen molar-refractivity contribution in [1.29, 1.82) is 0 Å². The van der Waals surface area contributed by atoms with Crippen LogP contribution in [0.4, 0.5) is 0 Å². The number of aryl methyl sites for hydroxylation is 1. The van der Waals surface area contributed by atoms with Gasteiger partial charge in [0, 0.05) is 30.8 Å². The van der Waals surface area contributed by atoms with Gasteiger partial charge in [-0.05, 0) is 37.3 Å². The molecule has 0 bridgehead atoms. The van der Waals surface area contributed by atoms with Gasteiger partial charge >= 0.3 is 0 Å². The molecular formula is C17H20Cl2N4O2S2. The molecule has 0 aliphatic carbocycles. The minimum absolute atomic E-state index is 0.0137. The summed E-state index contributed by atoms with van der Waals surface area (Å²) in [5.74, 6) is 1.72. The number of sulfonamides is 1. The molecule has 2 rings (SSSR count). The van der Waals surface area contributed by atoms with Gasteiger partial charge in [0.15, 0.2) is 0 Å². The first-order valence-electron chi connectivity index (χ1n) is 8.00. The van der Waals surface area contributed by atoms with Crippen LogP contribution in [0.5, 0.6) is 0 Å². The van der Waals surface area contributed by atoms with Crippen molar-refractivity contribution in [3.8, 4) is 0 Å². The largest absolute Gasteiger partial charge is 0.355 e. The minimum Gasteiger partial charge on any atom is -0.355 e. The van der Waals surface area contributed by atoms with Gasteiger partial charge in [-0.3, -0.25) is 9.98 Å². The van der Waals surface area contributed by atoms with Gasteiger partial charge < -0.3 is 5.32 Å². The van der Waals surface area contributed by atoms with Crippen molar-refractivity contribution in [3.63, 3.8) is 0 Å². The van der Waals surface area contributed by atoms with Gasteiger partial charge in [-0.15, -0.1) is 0 Å². The first kappa shape index (κ1) is 21.8. The van der Waals surface area contributed by atoms with Crippen LogP contribution >= 0.6 is 35.0 Å². The number of thioether (sulfide) groups is 1. The average molecular weight is 447 g/mol. The number of aliphatic imine (C=N–C) groups is 1. The number of benzene rings is 1. The van der Waals surface area contributed by atoms with Gasteiger partial charge in [-0.25, -0.2) is 13.1 Å². The molecule has 0 aliphatic heterocycles. The molecule has 146 valence electrons. The Morgan fingerprint density at radius 2 is 2.00 bits per heavy atom. The lowest BCUT2D eigenvalue weighted by Gasteiger charge is -2.12. The Morgan fingerprint density at radius 1 is 1.22 bits per heavy atom. The highest BCUT2D eigenvalue weighted by molar-refractivity contribution is 7.98. The summed E-state index contributed by atoms with van der Waals surface area (Å²) in [4.78, 5) is 8.39. The molecule has 1 aromatic heterocycles. The third-order valence-corrected chi connectivity index (χ3v) is 6.46. The smallest absolute Gasteiger partial charge is 0.264 e. The maximum Gasteiger partial charge on any atom is 0.264 e. The zero-order valence-electron chi connectivity index (χ0n) is 14.9. The number of pyridine rings is 1. The third-order valence-electron chi connectivity index (χ3n) is 3.39. The lowest BCUT2D eigenvalue weighted by molar-refractivity contribution is 0.591. The van der Waals surface area contributed by atoms with Gasteiger partial charge in [0.05, 0.1) is 20.6 Å². The number of guanidine groups is 1. The van der Waals surface area contributed by atoms with E-state index in [2.05, 4.69) is 20.0 Å². The average Bonchev–Trinajstić information content (AvgIpc) is 2.62. The molecule has 0 atom stereocenters. The number of nitrogens with one attached hydrogen (secondary N) is 2. The molecule has 2 N–H and O–H groups in total. The Balaban J connectivity index is 1.83. The van der Waals surface area contributed by atoms with Crippen LogP contribution in [0.3, 0.4) is 0 Å². The van der Waals surface area contributed by atoms with Crippen LogP contribution < -0.4 is 10.0 Å². The van der Waals surface area contributed by atoms with E-state index < -0.39 is 10.0 Å². The standard InChI is InChI=1S/C17H20Cl2N4O2S2/c1-12-4-3-5-13(22-12)11-26-9-8-21-17(20-2)23-27(24,25)14-6-7-15(18)16(19)10-14/h3-7,10H,8-9,11H2,1-2H3,(H2,20,21,23). The summed E-state index contributed by atoms with van der Waals surface area (Å²) in [5.41, 5.74) is 2.01. The lowest BCUT2D eigenvalue weighted by atomic mass is 10.3. The van der Waals surface area contributed by atoms with Gasteiger partial charge in [-0.1, -0.05) is 29.3 Å². The summed E-state index contributed by atoms with van der Waals surface area (Å²) in [5, 5.41) is 3.44. The Morgan fingerprint density at radius 3 is 2.67 bits per heavy atom. The highest BCUT2D eigenvalue weighted by atomic mass is 35.5. The summed E-state index contributed by atoms with van der Waals surface area (Å²) < 4.78 is 27.3. The molecule has 0 amide bonds. The molecule has 0 unspecified atom stereocenters. The van der Waals surface area contributed by atoms with E-state index in [-0.39, 0.29) is 15.9 Å². The highest BCUT2D eigenvalue weighted by Gasteiger charge is 2.17. The van der Waals surface area contributed by atoms with E-state index in [0.29, 0.717) is 11.6 Å². The van der Waals surface area contributed by atoms with E-state index in [4.69, 9.17) is 23.2 Å². The molecule has 10 heteroatoms. The van der Waals surface area contributed by atoms with E-state index in [1.807, 2.05) is 25.1 Å². The number of hydrogen-bond donors (Lipinski definition) is 2. The Labute approximate surface area is 173 Å². The maximum absolute atomic E-state index is 12.4. The number of halogens is 2. The third kappa shape index (κ3) is 6.88. The topological polar surface area (TPSA) is 83.4 Å². The molecule has 0 saturated heterocycles. The summed E-state index contributed by atoms with van der Waals surface area (Å²) in [6, 6.07) is 10.0. The highest BCUT2D eigenvalue weighted by Crippen LogP contribution is 2.24. The van der Waals surface area contributed by atoms with E-state index in [0.717, 1.165) is 22.9 Å². The fraction of sp³-hybridized carbons (Fsp3) is 0.294. The van der Waals surface area contributed by atoms with E-state index in [1.165, 1.54) is 25.2 Å². The van der Waals surface area contributed by atoms with Crippen LogP contribution in [0.25, 0.3) is 0 Å². The first-order valence-corrected chi connectivity index (χ1v) is 11.4. The van der Waals surface area contributed by atoms with Gasteiger partial charge in [0.1, 0.15) is 0 Å². The molecular weight excluding hydrogens is 427 g/mol. The molecule has 0 radical (unpaired) electrons. The van der Waals surface area contributed by atoms with Crippen LogP contribution in [0, 0.1) is 6.92 Å². The van der Waals surface area contributed by atoms with Gasteiger partial charge in [-0.2, -0.15) is 11.8 Å². The van der Waals surface area contributed by atoms with Crippen molar-refractivity contribution >= 4 is 50.9 Å².